The molecule has 1 aromatic heterocycles. The van der Waals surface area contributed by atoms with Gasteiger partial charge < -0.3 is 14.5 Å². The van der Waals surface area contributed by atoms with E-state index in [-0.39, 0.29) is 5.56 Å². The number of benzene rings is 2. The Kier molecular flexibility index (Phi) is 5.49. The van der Waals surface area contributed by atoms with Crippen LogP contribution in [0.5, 0.6) is 5.75 Å². The first-order chi connectivity index (χ1) is 12.5. The van der Waals surface area contributed by atoms with Crippen LogP contribution in [0, 0.1) is 0 Å². The third-order valence-corrected chi connectivity index (χ3v) is 3.98. The van der Waals surface area contributed by atoms with Crippen LogP contribution in [0.25, 0.3) is 11.0 Å². The van der Waals surface area contributed by atoms with Crippen LogP contribution in [0.4, 0.5) is 5.69 Å². The molecule has 0 aliphatic rings. The molecule has 1 heterocycles. The smallest absolute Gasteiger partial charge is 0.349 e. The van der Waals surface area contributed by atoms with Crippen LogP contribution in [0.1, 0.15) is 23.7 Å². The van der Waals surface area contributed by atoms with E-state index < -0.39 is 11.5 Å². The number of rotatable bonds is 5. The molecule has 0 fully saturated rings. The number of carbonyl (C=O) groups excluding carboxylic acids is 1. The van der Waals surface area contributed by atoms with Crippen LogP contribution >= 0.6 is 23.2 Å². The maximum atomic E-state index is 12.4. The minimum Gasteiger partial charge on any atom is -0.493 e. The van der Waals surface area contributed by atoms with Gasteiger partial charge in [-0.1, -0.05) is 30.1 Å². The summed E-state index contributed by atoms with van der Waals surface area (Å²) in [6.45, 7) is 2.57. The molecule has 0 saturated heterocycles. The largest absolute Gasteiger partial charge is 0.493 e. The average molecular weight is 392 g/mol. The topological polar surface area (TPSA) is 68.5 Å². The molecule has 2 aromatic carbocycles. The lowest BCUT2D eigenvalue weighted by molar-refractivity contribution is 0.102. The maximum absolute atomic E-state index is 12.4. The first kappa shape index (κ1) is 18.3. The van der Waals surface area contributed by atoms with E-state index in [0.717, 1.165) is 6.42 Å². The van der Waals surface area contributed by atoms with Crippen LogP contribution in [0.15, 0.2) is 51.7 Å². The molecule has 0 unspecified atom stereocenters. The van der Waals surface area contributed by atoms with Crippen molar-refractivity contribution in [2.45, 2.75) is 13.3 Å². The third-order valence-electron chi connectivity index (χ3n) is 3.55. The lowest BCUT2D eigenvalue weighted by atomic mass is 10.1. The summed E-state index contributed by atoms with van der Waals surface area (Å²) in [7, 11) is 0. The van der Waals surface area contributed by atoms with Crippen LogP contribution in [-0.4, -0.2) is 12.5 Å². The minimum absolute atomic E-state index is 0.115. The van der Waals surface area contributed by atoms with Gasteiger partial charge in [0.1, 0.15) is 16.9 Å². The van der Waals surface area contributed by atoms with E-state index in [1.165, 1.54) is 18.2 Å². The molecule has 0 spiro atoms. The Morgan fingerprint density at radius 3 is 2.54 bits per heavy atom. The summed E-state index contributed by atoms with van der Waals surface area (Å²) in [5.41, 5.74) is -0.118. The number of halogens is 2. The maximum Gasteiger partial charge on any atom is 0.349 e. The Balaban J connectivity index is 1.90. The highest BCUT2D eigenvalue weighted by Gasteiger charge is 2.15. The number of hydrogen-bond donors (Lipinski definition) is 1. The van der Waals surface area contributed by atoms with Crippen molar-refractivity contribution in [3.63, 3.8) is 0 Å². The number of nitrogens with one attached hydrogen (secondary N) is 1. The van der Waals surface area contributed by atoms with Crippen LogP contribution in [0.2, 0.25) is 10.0 Å². The lowest BCUT2D eigenvalue weighted by Crippen LogP contribution is -2.20. The van der Waals surface area contributed by atoms with Gasteiger partial charge in [0.15, 0.2) is 0 Å². The van der Waals surface area contributed by atoms with Crippen molar-refractivity contribution in [1.29, 1.82) is 0 Å². The molecule has 0 aliphatic carbocycles. The zero-order valence-electron chi connectivity index (χ0n) is 13.8. The molecule has 3 rings (SSSR count). The fourth-order valence-corrected chi connectivity index (χ4v) is 2.91. The highest BCUT2D eigenvalue weighted by Crippen LogP contribution is 2.24. The van der Waals surface area contributed by atoms with Gasteiger partial charge in [-0.3, -0.25) is 4.79 Å². The number of anilines is 1. The minimum atomic E-state index is -0.740. The Morgan fingerprint density at radius 1 is 1.12 bits per heavy atom. The molecule has 7 heteroatoms. The fraction of sp³-hybridized carbons (Fsp3) is 0.158. The standard InChI is InChI=1S/C19H15Cl2NO4/c1-2-5-25-15-4-3-11-6-16(19(24)26-17(11)10-15)18(23)22-14-8-12(20)7-13(21)9-14/h3-4,6-10H,2,5H2,1H3,(H,22,23). The fourth-order valence-electron chi connectivity index (χ4n) is 2.38. The number of amides is 1. The zero-order valence-corrected chi connectivity index (χ0v) is 15.4. The van der Waals surface area contributed by atoms with Crippen molar-refractivity contribution in [2.24, 2.45) is 0 Å². The van der Waals surface area contributed by atoms with E-state index in [4.69, 9.17) is 32.4 Å². The van der Waals surface area contributed by atoms with Crippen LogP contribution < -0.4 is 15.7 Å². The summed E-state index contributed by atoms with van der Waals surface area (Å²) in [5.74, 6) is -0.00133. The molecule has 1 N–H and O–H groups in total. The molecular weight excluding hydrogens is 377 g/mol. The van der Waals surface area contributed by atoms with Gasteiger partial charge in [0.05, 0.1) is 6.61 Å². The molecule has 0 saturated carbocycles. The second-order valence-corrected chi connectivity index (χ2v) is 6.48. The molecule has 0 aliphatic heterocycles. The van der Waals surface area contributed by atoms with Crippen molar-refractivity contribution in [3.05, 3.63) is 68.5 Å². The molecule has 26 heavy (non-hydrogen) atoms. The molecular formula is C19H15Cl2NO4. The average Bonchev–Trinajstić information content (AvgIpc) is 2.58. The van der Waals surface area contributed by atoms with E-state index in [1.54, 1.807) is 24.3 Å². The number of hydrogen-bond acceptors (Lipinski definition) is 4. The monoisotopic (exact) mass is 391 g/mol. The SMILES string of the molecule is CCCOc1ccc2cc(C(=O)Nc3cc(Cl)cc(Cl)c3)c(=O)oc2c1. The van der Waals surface area contributed by atoms with Gasteiger partial charge >= 0.3 is 5.63 Å². The Bertz CT molecular complexity index is 1010. The first-order valence-corrected chi connectivity index (χ1v) is 8.70. The van der Waals surface area contributed by atoms with E-state index in [1.807, 2.05) is 6.92 Å². The van der Waals surface area contributed by atoms with E-state index in [9.17, 15) is 9.59 Å². The molecule has 5 nitrogen and oxygen atoms in total. The molecule has 0 radical (unpaired) electrons. The molecule has 0 atom stereocenters. The highest BCUT2D eigenvalue weighted by atomic mass is 35.5. The van der Waals surface area contributed by atoms with Crippen molar-refractivity contribution in [3.8, 4) is 5.75 Å². The molecule has 1 amide bonds. The second kappa shape index (κ2) is 7.81. The predicted octanol–water partition coefficient (Wildman–Crippen LogP) is 5.14. The molecule has 0 bridgehead atoms. The normalized spacial score (nSPS) is 10.7. The third kappa shape index (κ3) is 4.18. The first-order valence-electron chi connectivity index (χ1n) is 7.94. The van der Waals surface area contributed by atoms with E-state index in [2.05, 4.69) is 5.32 Å². The van der Waals surface area contributed by atoms with Gasteiger partial charge in [0, 0.05) is 27.2 Å². The quantitative estimate of drug-likeness (QED) is 0.611. The Labute approximate surface area is 159 Å². The number of ether oxygens (including phenoxy) is 1. The second-order valence-electron chi connectivity index (χ2n) is 5.61. The van der Waals surface area contributed by atoms with E-state index in [0.29, 0.717) is 39.1 Å². The van der Waals surface area contributed by atoms with Gasteiger partial charge in [-0.2, -0.15) is 0 Å². The van der Waals surface area contributed by atoms with Gasteiger partial charge in [-0.25, -0.2) is 4.79 Å². The number of carbonyl (C=O) groups is 1. The van der Waals surface area contributed by atoms with Crippen LogP contribution in [0.3, 0.4) is 0 Å². The van der Waals surface area contributed by atoms with Gasteiger partial charge in [0.25, 0.3) is 5.91 Å². The molecule has 3 aromatic rings. The summed E-state index contributed by atoms with van der Waals surface area (Å²) < 4.78 is 10.8. The van der Waals surface area contributed by atoms with Crippen LogP contribution in [-0.2, 0) is 0 Å². The lowest BCUT2D eigenvalue weighted by Gasteiger charge is -2.08. The Hall–Kier alpha value is -2.50. The van der Waals surface area contributed by atoms with Crippen molar-refractivity contribution >= 4 is 45.8 Å². The Morgan fingerprint density at radius 2 is 1.85 bits per heavy atom. The zero-order chi connectivity index (χ0) is 18.7. The van der Waals surface area contributed by atoms with E-state index >= 15 is 0 Å². The summed E-state index contributed by atoms with van der Waals surface area (Å²) >= 11 is 11.8. The highest BCUT2D eigenvalue weighted by molar-refractivity contribution is 6.35. The van der Waals surface area contributed by atoms with Crippen molar-refractivity contribution < 1.29 is 13.9 Å². The van der Waals surface area contributed by atoms with Crippen molar-refractivity contribution in [1.82, 2.24) is 0 Å². The predicted molar refractivity (Wildman–Crippen MR) is 103 cm³/mol. The van der Waals surface area contributed by atoms with Gasteiger partial charge in [-0.05, 0) is 42.8 Å². The molecule has 134 valence electrons. The summed E-state index contributed by atoms with van der Waals surface area (Å²) in [6, 6.07) is 11.2. The summed E-state index contributed by atoms with van der Waals surface area (Å²) in [4.78, 5) is 24.6. The van der Waals surface area contributed by atoms with Crippen molar-refractivity contribution in [2.75, 3.05) is 11.9 Å². The van der Waals surface area contributed by atoms with Gasteiger partial charge in [-0.15, -0.1) is 0 Å². The van der Waals surface area contributed by atoms with Gasteiger partial charge in [0.2, 0.25) is 0 Å². The summed E-state index contributed by atoms with van der Waals surface area (Å²) in [5, 5.41) is 3.95. The summed E-state index contributed by atoms with van der Waals surface area (Å²) in [6.07, 6.45) is 0.870. The number of fused-ring (bicyclic) bond motifs is 1.